The lowest BCUT2D eigenvalue weighted by atomic mass is 10.0. The van der Waals surface area contributed by atoms with Crippen molar-refractivity contribution in [1.82, 2.24) is 9.80 Å². The Morgan fingerprint density at radius 3 is 2.61 bits per heavy atom. The number of ether oxygens (including phenoxy) is 1. The number of nitrogens with zero attached hydrogens (tertiary/aromatic N) is 2. The predicted molar refractivity (Wildman–Crippen MR) is 93.7 cm³/mol. The minimum absolute atomic E-state index is 0.349. The molecule has 1 unspecified atom stereocenters. The van der Waals surface area contributed by atoms with Gasteiger partial charge in [-0.25, -0.2) is 0 Å². The second-order valence-electron chi connectivity index (χ2n) is 6.30. The summed E-state index contributed by atoms with van der Waals surface area (Å²) < 4.78 is 5.72. The quantitative estimate of drug-likeness (QED) is 0.829. The van der Waals surface area contributed by atoms with Gasteiger partial charge in [-0.2, -0.15) is 0 Å². The van der Waals surface area contributed by atoms with Crippen LogP contribution in [0, 0.1) is 0 Å². The number of benzene rings is 2. The smallest absolute Gasteiger partial charge is 0.103 e. The van der Waals surface area contributed by atoms with Crippen molar-refractivity contribution in [2.75, 3.05) is 53.0 Å². The van der Waals surface area contributed by atoms with Gasteiger partial charge < -0.3 is 14.7 Å². The van der Waals surface area contributed by atoms with E-state index in [0.717, 1.165) is 49.1 Å². The van der Waals surface area contributed by atoms with Crippen molar-refractivity contribution in [3.05, 3.63) is 48.0 Å². The first-order valence-corrected chi connectivity index (χ1v) is 8.38. The van der Waals surface area contributed by atoms with Crippen LogP contribution in [0.15, 0.2) is 42.5 Å². The van der Waals surface area contributed by atoms with Crippen molar-refractivity contribution in [3.8, 4) is 0 Å². The van der Waals surface area contributed by atoms with Gasteiger partial charge in [0.1, 0.15) is 6.10 Å². The number of likely N-dealkylation sites (N-methyl/N-ethyl adjacent to an activating group) is 1. The van der Waals surface area contributed by atoms with E-state index in [1.165, 1.54) is 0 Å². The van der Waals surface area contributed by atoms with Gasteiger partial charge in [-0.15, -0.1) is 0 Å². The van der Waals surface area contributed by atoms with Gasteiger partial charge >= 0.3 is 0 Å². The fourth-order valence-electron chi connectivity index (χ4n) is 3.09. The summed E-state index contributed by atoms with van der Waals surface area (Å²) in [6, 6.07) is 14.2. The molecule has 1 N–H and O–H groups in total. The van der Waals surface area contributed by atoms with Gasteiger partial charge in [-0.3, -0.25) is 4.90 Å². The molecule has 3 rings (SSSR count). The van der Waals surface area contributed by atoms with E-state index >= 15 is 0 Å². The van der Waals surface area contributed by atoms with Gasteiger partial charge in [-0.1, -0.05) is 42.5 Å². The molecule has 23 heavy (non-hydrogen) atoms. The van der Waals surface area contributed by atoms with Crippen LogP contribution in [-0.2, 0) is 4.74 Å². The normalized spacial score (nSPS) is 18.3. The Kier molecular flexibility index (Phi) is 5.62. The molecule has 124 valence electrons. The second kappa shape index (κ2) is 7.88. The highest BCUT2D eigenvalue weighted by Crippen LogP contribution is 2.24. The molecule has 0 aromatic heterocycles. The lowest BCUT2D eigenvalue weighted by Gasteiger charge is -2.32. The van der Waals surface area contributed by atoms with Crippen LogP contribution in [0.25, 0.3) is 10.8 Å². The zero-order valence-corrected chi connectivity index (χ0v) is 13.8. The zero-order chi connectivity index (χ0) is 16.1. The van der Waals surface area contributed by atoms with E-state index in [1.807, 2.05) is 24.3 Å². The summed E-state index contributed by atoms with van der Waals surface area (Å²) in [6.45, 7) is 6.41. The summed E-state index contributed by atoms with van der Waals surface area (Å²) >= 11 is 0. The topological polar surface area (TPSA) is 35.9 Å². The maximum absolute atomic E-state index is 10.4. The first-order chi connectivity index (χ1) is 11.2. The molecule has 2 aromatic rings. The predicted octanol–water partition coefficient (Wildman–Crippen LogP) is 2.14. The van der Waals surface area contributed by atoms with E-state index in [4.69, 9.17) is 4.74 Å². The van der Waals surface area contributed by atoms with Gasteiger partial charge in [0.25, 0.3) is 0 Å². The van der Waals surface area contributed by atoms with Gasteiger partial charge in [0, 0.05) is 32.7 Å². The van der Waals surface area contributed by atoms with Gasteiger partial charge in [0.2, 0.25) is 0 Å². The van der Waals surface area contributed by atoms with E-state index in [9.17, 15) is 5.11 Å². The van der Waals surface area contributed by atoms with Crippen LogP contribution < -0.4 is 0 Å². The fraction of sp³-hybridized carbons (Fsp3) is 0.474. The lowest BCUT2D eigenvalue weighted by Crippen LogP contribution is -2.45. The fourth-order valence-corrected chi connectivity index (χ4v) is 3.09. The Balaban J connectivity index is 1.48. The summed E-state index contributed by atoms with van der Waals surface area (Å²) in [4.78, 5) is 4.77. The zero-order valence-electron chi connectivity index (χ0n) is 13.8. The van der Waals surface area contributed by atoms with E-state index in [1.54, 1.807) is 0 Å². The SMILES string of the molecule is CN1CCN(CCOCC(O)c2cccc3ccccc23)CC1. The molecule has 0 bridgehead atoms. The van der Waals surface area contributed by atoms with E-state index < -0.39 is 6.10 Å². The minimum atomic E-state index is -0.575. The standard InChI is InChI=1S/C19H26N2O2/c1-20-9-11-21(12-10-20)13-14-23-15-19(22)18-8-4-6-16-5-2-3-7-17(16)18/h2-8,19,22H,9-15H2,1H3. The molecule has 0 radical (unpaired) electrons. The van der Waals surface area contributed by atoms with Gasteiger partial charge in [0.05, 0.1) is 13.2 Å². The van der Waals surface area contributed by atoms with Crippen molar-refractivity contribution in [2.24, 2.45) is 0 Å². The Morgan fingerprint density at radius 1 is 1.04 bits per heavy atom. The third kappa shape index (κ3) is 4.30. The monoisotopic (exact) mass is 314 g/mol. The molecule has 1 saturated heterocycles. The highest BCUT2D eigenvalue weighted by Gasteiger charge is 2.14. The number of rotatable bonds is 6. The van der Waals surface area contributed by atoms with Crippen molar-refractivity contribution < 1.29 is 9.84 Å². The Bertz CT molecular complexity index is 618. The molecule has 1 fully saturated rings. The Labute approximate surface area is 138 Å². The number of fused-ring (bicyclic) bond motifs is 1. The van der Waals surface area contributed by atoms with Gasteiger partial charge in [0.15, 0.2) is 0 Å². The first kappa shape index (κ1) is 16.4. The number of aliphatic hydroxyl groups is 1. The maximum atomic E-state index is 10.4. The molecule has 4 heteroatoms. The van der Waals surface area contributed by atoms with E-state index in [-0.39, 0.29) is 0 Å². The maximum Gasteiger partial charge on any atom is 0.103 e. The molecule has 1 aliphatic heterocycles. The largest absolute Gasteiger partial charge is 0.386 e. The Hall–Kier alpha value is -1.46. The molecule has 1 atom stereocenters. The third-order valence-electron chi connectivity index (χ3n) is 4.61. The number of hydrogen-bond acceptors (Lipinski definition) is 4. The molecule has 0 amide bonds. The van der Waals surface area contributed by atoms with Crippen LogP contribution in [0.3, 0.4) is 0 Å². The molecular formula is C19H26N2O2. The van der Waals surface area contributed by atoms with Crippen LogP contribution in [0.1, 0.15) is 11.7 Å². The molecule has 0 aliphatic carbocycles. The molecular weight excluding hydrogens is 288 g/mol. The van der Waals surface area contributed by atoms with Crippen molar-refractivity contribution in [1.29, 1.82) is 0 Å². The molecule has 2 aromatic carbocycles. The second-order valence-corrected chi connectivity index (χ2v) is 6.30. The average Bonchev–Trinajstić information content (AvgIpc) is 2.59. The summed E-state index contributed by atoms with van der Waals surface area (Å²) in [5, 5.41) is 12.7. The van der Waals surface area contributed by atoms with Gasteiger partial charge in [-0.05, 0) is 23.4 Å². The van der Waals surface area contributed by atoms with E-state index in [0.29, 0.717) is 13.2 Å². The first-order valence-electron chi connectivity index (χ1n) is 8.38. The van der Waals surface area contributed by atoms with Crippen LogP contribution in [0.2, 0.25) is 0 Å². The summed E-state index contributed by atoms with van der Waals surface area (Å²) in [5.74, 6) is 0. The molecule has 1 heterocycles. The molecule has 0 spiro atoms. The number of hydrogen-bond donors (Lipinski definition) is 1. The van der Waals surface area contributed by atoms with E-state index in [2.05, 4.69) is 35.0 Å². The summed E-state index contributed by atoms with van der Waals surface area (Å²) in [6.07, 6.45) is -0.575. The summed E-state index contributed by atoms with van der Waals surface area (Å²) in [7, 11) is 2.16. The third-order valence-corrected chi connectivity index (χ3v) is 4.61. The van der Waals surface area contributed by atoms with Crippen LogP contribution in [-0.4, -0.2) is 67.9 Å². The van der Waals surface area contributed by atoms with Crippen LogP contribution >= 0.6 is 0 Å². The molecule has 4 nitrogen and oxygen atoms in total. The number of aliphatic hydroxyl groups excluding tert-OH is 1. The molecule has 0 saturated carbocycles. The average molecular weight is 314 g/mol. The lowest BCUT2D eigenvalue weighted by molar-refractivity contribution is 0.0220. The van der Waals surface area contributed by atoms with Crippen molar-refractivity contribution >= 4 is 10.8 Å². The highest BCUT2D eigenvalue weighted by molar-refractivity contribution is 5.85. The summed E-state index contributed by atoms with van der Waals surface area (Å²) in [5.41, 5.74) is 0.947. The Morgan fingerprint density at radius 2 is 1.78 bits per heavy atom. The molecule has 1 aliphatic rings. The highest BCUT2D eigenvalue weighted by atomic mass is 16.5. The van der Waals surface area contributed by atoms with Crippen LogP contribution in [0.4, 0.5) is 0 Å². The minimum Gasteiger partial charge on any atom is -0.386 e. The number of piperazine rings is 1. The van der Waals surface area contributed by atoms with Crippen molar-refractivity contribution in [2.45, 2.75) is 6.10 Å². The van der Waals surface area contributed by atoms with Crippen LogP contribution in [0.5, 0.6) is 0 Å². The van der Waals surface area contributed by atoms with Crippen molar-refractivity contribution in [3.63, 3.8) is 0 Å².